The number of hydrogen-bond acceptors (Lipinski definition) is 5. The maximum absolute atomic E-state index is 11.1. The molecule has 0 saturated heterocycles. The average molecular weight is 280 g/mol. The molecular formula is C12H8O2S3. The molecule has 0 atom stereocenters. The summed E-state index contributed by atoms with van der Waals surface area (Å²) < 4.78 is 5.05. The lowest BCUT2D eigenvalue weighted by atomic mass is 10.0. The van der Waals surface area contributed by atoms with Crippen LogP contribution in [-0.2, 0) is 9.53 Å². The number of carbonyl (C=O) groups is 1. The Bertz CT molecular complexity index is 524. The Kier molecular flexibility index (Phi) is 3.93. The van der Waals surface area contributed by atoms with E-state index in [0.29, 0.717) is 12.2 Å². The minimum absolute atomic E-state index is 0.508. The standard InChI is InChI=1S/C12H8O2S3/c13-12(7-15)14-8-3-4-10(16)9(6-8)11-2-1-5-17-11/h1-3,5-7H,4H2. The van der Waals surface area contributed by atoms with Gasteiger partial charge in [-0.05, 0) is 23.6 Å². The Morgan fingerprint density at radius 3 is 3.00 bits per heavy atom. The predicted molar refractivity (Wildman–Crippen MR) is 77.3 cm³/mol. The number of carbonyl (C=O) groups excluding carboxylic acids is 1. The fourth-order valence-corrected chi connectivity index (χ4v) is 2.57. The maximum Gasteiger partial charge on any atom is 0.347 e. The fraction of sp³-hybridized carbons (Fsp3) is 0.0833. The summed E-state index contributed by atoms with van der Waals surface area (Å²) in [6, 6.07) is 3.96. The second kappa shape index (κ2) is 5.44. The number of esters is 1. The SMILES string of the molecule is O=C(C=S)OC1=CCC(=S)C(c2cccs2)=C1. The number of rotatable bonds is 3. The number of allylic oxidation sites excluding steroid dienone is 3. The van der Waals surface area contributed by atoms with Crippen LogP contribution in [-0.4, -0.2) is 16.2 Å². The molecule has 1 aliphatic carbocycles. The highest BCUT2D eigenvalue weighted by Gasteiger charge is 2.15. The van der Waals surface area contributed by atoms with Crippen molar-refractivity contribution < 1.29 is 9.53 Å². The zero-order valence-corrected chi connectivity index (χ0v) is 11.2. The number of hydrogen-bond donors (Lipinski definition) is 0. The maximum atomic E-state index is 11.1. The molecule has 1 aromatic rings. The molecule has 1 aromatic heterocycles. The highest BCUT2D eigenvalue weighted by Crippen LogP contribution is 2.28. The summed E-state index contributed by atoms with van der Waals surface area (Å²) in [6.45, 7) is 0. The first kappa shape index (κ1) is 12.3. The molecule has 0 N–H and O–H groups in total. The minimum Gasteiger partial charge on any atom is -0.423 e. The smallest absolute Gasteiger partial charge is 0.347 e. The van der Waals surface area contributed by atoms with Crippen molar-refractivity contribution in [1.82, 2.24) is 0 Å². The summed E-state index contributed by atoms with van der Waals surface area (Å²) in [5.74, 6) is -0.0195. The molecular weight excluding hydrogens is 272 g/mol. The highest BCUT2D eigenvalue weighted by molar-refractivity contribution is 7.81. The van der Waals surface area contributed by atoms with Gasteiger partial charge in [0.15, 0.2) is 0 Å². The number of ether oxygens (including phenoxy) is 1. The fourth-order valence-electron chi connectivity index (χ4n) is 1.44. The van der Waals surface area contributed by atoms with Crippen LogP contribution >= 0.6 is 35.8 Å². The van der Waals surface area contributed by atoms with Crippen LogP contribution in [0.3, 0.4) is 0 Å². The summed E-state index contributed by atoms with van der Waals surface area (Å²) in [5, 5.41) is 2.96. The van der Waals surface area contributed by atoms with Crippen molar-refractivity contribution in [2.24, 2.45) is 0 Å². The number of thiophene rings is 1. The van der Waals surface area contributed by atoms with Gasteiger partial charge in [0.05, 0.1) is 5.37 Å². The monoisotopic (exact) mass is 280 g/mol. The van der Waals surface area contributed by atoms with E-state index >= 15 is 0 Å². The zero-order valence-electron chi connectivity index (χ0n) is 8.71. The predicted octanol–water partition coefficient (Wildman–Crippen LogP) is 3.33. The van der Waals surface area contributed by atoms with Crippen LogP contribution < -0.4 is 0 Å². The summed E-state index contributed by atoms with van der Waals surface area (Å²) in [6.07, 6.45) is 4.18. The van der Waals surface area contributed by atoms with Crippen molar-refractivity contribution in [3.05, 3.63) is 40.3 Å². The Labute approximate surface area is 114 Å². The van der Waals surface area contributed by atoms with Gasteiger partial charge in [0.1, 0.15) is 5.76 Å². The lowest BCUT2D eigenvalue weighted by Crippen LogP contribution is -2.08. The third kappa shape index (κ3) is 2.94. The molecule has 0 fully saturated rings. The first-order chi connectivity index (χ1) is 8.20. The van der Waals surface area contributed by atoms with Gasteiger partial charge in [-0.2, -0.15) is 0 Å². The van der Waals surface area contributed by atoms with Gasteiger partial charge in [0, 0.05) is 21.7 Å². The quantitative estimate of drug-likeness (QED) is 0.626. The van der Waals surface area contributed by atoms with Gasteiger partial charge < -0.3 is 4.74 Å². The molecule has 1 aliphatic rings. The van der Waals surface area contributed by atoms with Gasteiger partial charge in [0.2, 0.25) is 0 Å². The average Bonchev–Trinajstić information content (AvgIpc) is 2.85. The lowest BCUT2D eigenvalue weighted by Gasteiger charge is -2.13. The van der Waals surface area contributed by atoms with Crippen LogP contribution in [0.4, 0.5) is 0 Å². The Morgan fingerprint density at radius 1 is 1.53 bits per heavy atom. The molecule has 0 spiro atoms. The molecule has 0 radical (unpaired) electrons. The molecule has 0 saturated carbocycles. The molecule has 2 rings (SSSR count). The van der Waals surface area contributed by atoms with E-state index in [-0.39, 0.29) is 0 Å². The zero-order chi connectivity index (χ0) is 12.3. The Hall–Kier alpha value is -1.17. The largest absolute Gasteiger partial charge is 0.423 e. The third-order valence-electron chi connectivity index (χ3n) is 2.18. The van der Waals surface area contributed by atoms with Crippen LogP contribution in [0.15, 0.2) is 35.4 Å². The van der Waals surface area contributed by atoms with Crippen LogP contribution in [0.2, 0.25) is 0 Å². The summed E-state index contributed by atoms with van der Waals surface area (Å²) >= 11 is 11.4. The molecule has 2 nitrogen and oxygen atoms in total. The molecule has 0 amide bonds. The van der Waals surface area contributed by atoms with Crippen molar-refractivity contribution >= 4 is 57.5 Å². The van der Waals surface area contributed by atoms with E-state index in [1.807, 2.05) is 17.5 Å². The van der Waals surface area contributed by atoms with E-state index in [0.717, 1.165) is 20.7 Å². The van der Waals surface area contributed by atoms with Gasteiger partial charge in [0.25, 0.3) is 0 Å². The van der Waals surface area contributed by atoms with Crippen molar-refractivity contribution in [3.63, 3.8) is 0 Å². The summed E-state index contributed by atoms with van der Waals surface area (Å²) in [7, 11) is 0. The molecule has 17 heavy (non-hydrogen) atoms. The van der Waals surface area contributed by atoms with Crippen molar-refractivity contribution in [2.75, 3.05) is 0 Å². The van der Waals surface area contributed by atoms with Crippen LogP contribution in [0.25, 0.3) is 5.57 Å². The number of thiocarbonyl (C=S) groups is 2. The second-order valence-electron chi connectivity index (χ2n) is 3.31. The van der Waals surface area contributed by atoms with E-state index in [1.54, 1.807) is 23.5 Å². The van der Waals surface area contributed by atoms with Crippen LogP contribution in [0.5, 0.6) is 0 Å². The Morgan fingerprint density at radius 2 is 2.35 bits per heavy atom. The molecule has 5 heteroatoms. The van der Waals surface area contributed by atoms with Gasteiger partial charge in [-0.3, -0.25) is 0 Å². The minimum atomic E-state index is -0.527. The van der Waals surface area contributed by atoms with Crippen LogP contribution in [0.1, 0.15) is 11.3 Å². The van der Waals surface area contributed by atoms with E-state index in [2.05, 4.69) is 12.2 Å². The lowest BCUT2D eigenvalue weighted by molar-refractivity contribution is -0.130. The molecule has 0 bridgehead atoms. The van der Waals surface area contributed by atoms with Gasteiger partial charge >= 0.3 is 5.97 Å². The second-order valence-corrected chi connectivity index (χ2v) is 4.98. The van der Waals surface area contributed by atoms with E-state index in [1.165, 1.54) is 0 Å². The molecule has 0 unspecified atom stereocenters. The van der Waals surface area contributed by atoms with Gasteiger partial charge in [-0.1, -0.05) is 30.5 Å². The molecule has 0 aliphatic heterocycles. The van der Waals surface area contributed by atoms with Crippen molar-refractivity contribution in [3.8, 4) is 0 Å². The van der Waals surface area contributed by atoms with Crippen molar-refractivity contribution in [2.45, 2.75) is 6.42 Å². The molecule has 0 aromatic carbocycles. The molecule has 1 heterocycles. The first-order valence-corrected chi connectivity index (χ1v) is 6.62. The highest BCUT2D eigenvalue weighted by atomic mass is 32.1. The normalized spacial score (nSPS) is 14.9. The van der Waals surface area contributed by atoms with Crippen LogP contribution in [0, 0.1) is 0 Å². The Balaban J connectivity index is 2.25. The van der Waals surface area contributed by atoms with Gasteiger partial charge in [-0.25, -0.2) is 4.79 Å². The van der Waals surface area contributed by atoms with E-state index < -0.39 is 5.97 Å². The van der Waals surface area contributed by atoms with E-state index in [4.69, 9.17) is 17.0 Å². The molecule has 86 valence electrons. The summed E-state index contributed by atoms with van der Waals surface area (Å²) in [5.41, 5.74) is 0.949. The third-order valence-corrected chi connectivity index (χ3v) is 3.66. The topological polar surface area (TPSA) is 26.3 Å². The summed E-state index contributed by atoms with van der Waals surface area (Å²) in [4.78, 5) is 13.0. The first-order valence-electron chi connectivity index (χ1n) is 4.86. The van der Waals surface area contributed by atoms with Crippen molar-refractivity contribution in [1.29, 1.82) is 0 Å². The van der Waals surface area contributed by atoms with Gasteiger partial charge in [-0.15, -0.1) is 11.3 Å². The van der Waals surface area contributed by atoms with E-state index in [9.17, 15) is 4.79 Å².